The fourth-order valence-corrected chi connectivity index (χ4v) is 1.91. The molecule has 0 N–H and O–H groups in total. The van der Waals surface area contributed by atoms with Crippen molar-refractivity contribution in [1.29, 1.82) is 0 Å². The van der Waals surface area contributed by atoms with Gasteiger partial charge in [0.05, 0.1) is 5.88 Å². The number of hydrogen-bond donors (Lipinski definition) is 0. The van der Waals surface area contributed by atoms with Crippen LogP contribution in [0.15, 0.2) is 36.4 Å². The first-order valence-corrected chi connectivity index (χ1v) is 6.23. The van der Waals surface area contributed by atoms with E-state index in [4.69, 9.17) is 16.3 Å². The number of aryl methyl sites for hydroxylation is 1. The van der Waals surface area contributed by atoms with Gasteiger partial charge in [-0.05, 0) is 49.2 Å². The van der Waals surface area contributed by atoms with Gasteiger partial charge < -0.3 is 4.74 Å². The quantitative estimate of drug-likeness (QED) is 0.711. The molecule has 0 fully saturated rings. The summed E-state index contributed by atoms with van der Waals surface area (Å²) in [6.07, 6.45) is 0. The second-order valence-corrected chi connectivity index (χ2v) is 4.45. The fourth-order valence-electron chi connectivity index (χ4n) is 1.71. The molecule has 18 heavy (non-hydrogen) atoms. The predicted octanol–water partition coefficient (Wildman–Crippen LogP) is 4.97. The highest BCUT2D eigenvalue weighted by Crippen LogP contribution is 2.30. The smallest absolute Gasteiger partial charge is 0.132 e. The first-order chi connectivity index (χ1) is 8.61. The SMILES string of the molecule is Cc1cccc(Oc2ccc(F)cc2CCl)c1C. The Morgan fingerprint density at radius 1 is 1.11 bits per heavy atom. The molecule has 0 amide bonds. The summed E-state index contributed by atoms with van der Waals surface area (Å²) in [7, 11) is 0. The van der Waals surface area contributed by atoms with Gasteiger partial charge in [0.1, 0.15) is 17.3 Å². The van der Waals surface area contributed by atoms with Crippen LogP contribution in [0.3, 0.4) is 0 Å². The number of benzene rings is 2. The molecule has 2 aromatic carbocycles. The molecule has 2 aromatic rings. The molecule has 0 bridgehead atoms. The summed E-state index contributed by atoms with van der Waals surface area (Å²) in [6.45, 7) is 4.02. The monoisotopic (exact) mass is 264 g/mol. The summed E-state index contributed by atoms with van der Waals surface area (Å²) in [4.78, 5) is 0. The van der Waals surface area contributed by atoms with E-state index < -0.39 is 0 Å². The maximum Gasteiger partial charge on any atom is 0.132 e. The molecule has 0 aliphatic rings. The Balaban J connectivity index is 2.37. The van der Waals surface area contributed by atoms with Crippen LogP contribution in [0.1, 0.15) is 16.7 Å². The molecule has 94 valence electrons. The molecule has 1 nitrogen and oxygen atoms in total. The highest BCUT2D eigenvalue weighted by molar-refractivity contribution is 6.17. The van der Waals surface area contributed by atoms with Crippen LogP contribution in [-0.2, 0) is 5.88 Å². The molecule has 0 saturated heterocycles. The van der Waals surface area contributed by atoms with Crippen molar-refractivity contribution in [2.24, 2.45) is 0 Å². The van der Waals surface area contributed by atoms with E-state index in [1.807, 2.05) is 32.0 Å². The zero-order chi connectivity index (χ0) is 13.1. The molecule has 0 saturated carbocycles. The van der Waals surface area contributed by atoms with Crippen LogP contribution in [0.25, 0.3) is 0 Å². The van der Waals surface area contributed by atoms with Gasteiger partial charge in [-0.25, -0.2) is 4.39 Å². The van der Waals surface area contributed by atoms with E-state index in [1.54, 1.807) is 6.07 Å². The van der Waals surface area contributed by atoms with E-state index in [0.29, 0.717) is 11.3 Å². The van der Waals surface area contributed by atoms with Crippen molar-refractivity contribution in [3.63, 3.8) is 0 Å². The first kappa shape index (κ1) is 12.9. The normalized spacial score (nSPS) is 10.4. The lowest BCUT2D eigenvalue weighted by Gasteiger charge is -2.13. The van der Waals surface area contributed by atoms with Crippen LogP contribution in [-0.4, -0.2) is 0 Å². The van der Waals surface area contributed by atoms with Crippen LogP contribution < -0.4 is 4.74 Å². The molecule has 0 atom stereocenters. The summed E-state index contributed by atoms with van der Waals surface area (Å²) in [6, 6.07) is 10.2. The molecule has 2 rings (SSSR count). The van der Waals surface area contributed by atoms with Gasteiger partial charge in [0.2, 0.25) is 0 Å². The minimum absolute atomic E-state index is 0.220. The molecule has 0 heterocycles. The third-order valence-electron chi connectivity index (χ3n) is 2.94. The van der Waals surface area contributed by atoms with Gasteiger partial charge in [0, 0.05) is 5.56 Å². The Kier molecular flexibility index (Phi) is 3.87. The lowest BCUT2D eigenvalue weighted by Crippen LogP contribution is -1.93. The van der Waals surface area contributed by atoms with Gasteiger partial charge in [0.25, 0.3) is 0 Å². The average molecular weight is 265 g/mol. The van der Waals surface area contributed by atoms with Gasteiger partial charge in [-0.3, -0.25) is 0 Å². The number of ether oxygens (including phenoxy) is 1. The fraction of sp³-hybridized carbons (Fsp3) is 0.200. The zero-order valence-electron chi connectivity index (χ0n) is 10.3. The molecule has 0 spiro atoms. The minimum atomic E-state index is -0.307. The van der Waals surface area contributed by atoms with Crippen LogP contribution in [0.4, 0.5) is 4.39 Å². The summed E-state index contributed by atoms with van der Waals surface area (Å²) in [5.74, 6) is 1.28. The van der Waals surface area contributed by atoms with Crippen molar-refractivity contribution in [3.8, 4) is 11.5 Å². The van der Waals surface area contributed by atoms with E-state index in [0.717, 1.165) is 16.9 Å². The Morgan fingerprint density at radius 3 is 2.61 bits per heavy atom. The molecule has 0 aliphatic heterocycles. The zero-order valence-corrected chi connectivity index (χ0v) is 11.1. The lowest BCUT2D eigenvalue weighted by molar-refractivity contribution is 0.472. The van der Waals surface area contributed by atoms with Crippen molar-refractivity contribution in [3.05, 3.63) is 58.9 Å². The Morgan fingerprint density at radius 2 is 1.89 bits per heavy atom. The molecule has 0 radical (unpaired) electrons. The lowest BCUT2D eigenvalue weighted by atomic mass is 10.1. The van der Waals surface area contributed by atoms with E-state index in [-0.39, 0.29) is 11.7 Å². The van der Waals surface area contributed by atoms with Crippen LogP contribution >= 0.6 is 11.6 Å². The van der Waals surface area contributed by atoms with E-state index in [1.165, 1.54) is 12.1 Å². The van der Waals surface area contributed by atoms with E-state index >= 15 is 0 Å². The predicted molar refractivity (Wildman–Crippen MR) is 71.9 cm³/mol. The highest BCUT2D eigenvalue weighted by atomic mass is 35.5. The van der Waals surface area contributed by atoms with Gasteiger partial charge in [-0.2, -0.15) is 0 Å². The van der Waals surface area contributed by atoms with Crippen LogP contribution in [0.2, 0.25) is 0 Å². The third-order valence-corrected chi connectivity index (χ3v) is 3.23. The van der Waals surface area contributed by atoms with Crippen LogP contribution in [0.5, 0.6) is 11.5 Å². The van der Waals surface area contributed by atoms with Gasteiger partial charge in [-0.15, -0.1) is 11.6 Å². The maximum absolute atomic E-state index is 13.1. The summed E-state index contributed by atoms with van der Waals surface area (Å²) in [5, 5.41) is 0. The largest absolute Gasteiger partial charge is 0.457 e. The van der Waals surface area contributed by atoms with Crippen molar-refractivity contribution in [1.82, 2.24) is 0 Å². The molecule has 0 unspecified atom stereocenters. The van der Waals surface area contributed by atoms with Crippen molar-refractivity contribution < 1.29 is 9.13 Å². The third kappa shape index (κ3) is 2.65. The second kappa shape index (κ2) is 5.40. The average Bonchev–Trinajstić information content (AvgIpc) is 2.37. The molecule has 3 heteroatoms. The Labute approximate surface area is 111 Å². The van der Waals surface area contributed by atoms with E-state index in [2.05, 4.69) is 0 Å². The van der Waals surface area contributed by atoms with Gasteiger partial charge in [-0.1, -0.05) is 12.1 Å². The maximum atomic E-state index is 13.1. The first-order valence-electron chi connectivity index (χ1n) is 5.70. The van der Waals surface area contributed by atoms with Gasteiger partial charge in [0.15, 0.2) is 0 Å². The molecule has 0 aromatic heterocycles. The summed E-state index contributed by atoms with van der Waals surface area (Å²) < 4.78 is 18.9. The van der Waals surface area contributed by atoms with Gasteiger partial charge >= 0.3 is 0 Å². The number of alkyl halides is 1. The Bertz CT molecular complexity index is 566. The summed E-state index contributed by atoms with van der Waals surface area (Å²) >= 11 is 5.79. The second-order valence-electron chi connectivity index (χ2n) is 4.19. The van der Waals surface area contributed by atoms with Crippen molar-refractivity contribution in [2.45, 2.75) is 19.7 Å². The Hall–Kier alpha value is -1.54. The van der Waals surface area contributed by atoms with E-state index in [9.17, 15) is 4.39 Å². The minimum Gasteiger partial charge on any atom is -0.457 e. The standard InChI is InChI=1S/C15H14ClFO/c1-10-4-3-5-14(11(10)2)18-15-7-6-13(17)8-12(15)9-16/h3-8H,9H2,1-2H3. The highest BCUT2D eigenvalue weighted by Gasteiger charge is 2.08. The number of rotatable bonds is 3. The molecular formula is C15H14ClFO. The molecule has 0 aliphatic carbocycles. The topological polar surface area (TPSA) is 9.23 Å². The van der Waals surface area contributed by atoms with Crippen molar-refractivity contribution in [2.75, 3.05) is 0 Å². The number of halogens is 2. The summed E-state index contributed by atoms with van der Waals surface area (Å²) in [5.41, 5.74) is 2.88. The van der Waals surface area contributed by atoms with Crippen molar-refractivity contribution >= 4 is 11.6 Å². The van der Waals surface area contributed by atoms with Crippen LogP contribution in [0, 0.1) is 19.7 Å². The molecular weight excluding hydrogens is 251 g/mol. The number of hydrogen-bond acceptors (Lipinski definition) is 1.